The fourth-order valence-electron chi connectivity index (χ4n) is 5.19. The quantitative estimate of drug-likeness (QED) is 0.292. The van der Waals surface area contributed by atoms with Gasteiger partial charge in [-0.05, 0) is 61.6 Å². The van der Waals surface area contributed by atoms with Crippen molar-refractivity contribution in [2.45, 2.75) is 65.7 Å². The van der Waals surface area contributed by atoms with Crippen molar-refractivity contribution in [3.63, 3.8) is 0 Å². The number of amides is 1. The number of hydrogen-bond acceptors (Lipinski definition) is 5. The second-order valence-corrected chi connectivity index (χ2v) is 10.2. The van der Waals surface area contributed by atoms with Crippen LogP contribution in [0.2, 0.25) is 0 Å². The van der Waals surface area contributed by atoms with E-state index < -0.39 is 0 Å². The minimum atomic E-state index is 0.119. The number of carbonyl (C=O) groups excluding carboxylic acids is 1. The van der Waals surface area contributed by atoms with Crippen molar-refractivity contribution < 1.29 is 9.53 Å². The molecule has 38 heavy (non-hydrogen) atoms. The molecule has 1 aromatic heterocycles. The maximum absolute atomic E-state index is 13.2. The largest absolute Gasteiger partial charge is 0.497 e. The zero-order valence-electron chi connectivity index (χ0n) is 23.5. The lowest BCUT2D eigenvalue weighted by atomic mass is 10.0. The Balaban J connectivity index is 1.42. The predicted octanol–water partition coefficient (Wildman–Crippen LogP) is 6.03. The Morgan fingerprint density at radius 1 is 0.868 bits per heavy atom. The van der Waals surface area contributed by atoms with E-state index >= 15 is 0 Å². The summed E-state index contributed by atoms with van der Waals surface area (Å²) in [6.07, 6.45) is 7.74. The molecule has 0 N–H and O–H groups in total. The van der Waals surface area contributed by atoms with Crippen molar-refractivity contribution >= 4 is 11.7 Å². The lowest BCUT2D eigenvalue weighted by Crippen LogP contribution is -2.49. The smallest absolute Gasteiger partial charge is 0.253 e. The highest BCUT2D eigenvalue weighted by molar-refractivity contribution is 5.94. The molecular weight excluding hydrogens is 472 g/mol. The summed E-state index contributed by atoms with van der Waals surface area (Å²) < 4.78 is 5.32. The molecule has 1 amide bonds. The topological polar surface area (TPSA) is 58.6 Å². The standard InChI is InChI=1S/C32H42N4O2/c1-5-7-8-9-10-25-11-15-27(16-12-25)32(37)36-21-19-35(20-22-36)31-29(30(6-2)33-24(3)34-31)23-26-13-17-28(38-4)18-14-26/h11-18H,5-10,19-23H2,1-4H3. The molecule has 202 valence electrons. The number of hydrogen-bond donors (Lipinski definition) is 0. The Labute approximate surface area is 228 Å². The Morgan fingerprint density at radius 2 is 1.55 bits per heavy atom. The molecule has 1 saturated heterocycles. The summed E-state index contributed by atoms with van der Waals surface area (Å²) in [5, 5.41) is 0. The third kappa shape index (κ3) is 6.91. The maximum Gasteiger partial charge on any atom is 0.253 e. The van der Waals surface area contributed by atoms with Gasteiger partial charge in [-0.1, -0.05) is 57.4 Å². The molecule has 0 radical (unpaired) electrons. The van der Waals surface area contributed by atoms with Gasteiger partial charge >= 0.3 is 0 Å². The molecule has 0 saturated carbocycles. The fourth-order valence-corrected chi connectivity index (χ4v) is 5.19. The Hall–Kier alpha value is -3.41. The molecule has 0 spiro atoms. The number of nitrogens with zero attached hydrogens (tertiary/aromatic N) is 4. The second kappa shape index (κ2) is 13.4. The van der Waals surface area contributed by atoms with Gasteiger partial charge in [0, 0.05) is 49.4 Å². The Morgan fingerprint density at radius 3 is 2.18 bits per heavy atom. The second-order valence-electron chi connectivity index (χ2n) is 10.2. The number of piperazine rings is 1. The lowest BCUT2D eigenvalue weighted by Gasteiger charge is -2.36. The van der Waals surface area contributed by atoms with Crippen molar-refractivity contribution in [3.05, 3.63) is 82.3 Å². The molecule has 0 aliphatic carbocycles. The van der Waals surface area contributed by atoms with Crippen LogP contribution in [0.25, 0.3) is 0 Å². The van der Waals surface area contributed by atoms with E-state index in [-0.39, 0.29) is 5.91 Å². The van der Waals surface area contributed by atoms with E-state index in [9.17, 15) is 4.79 Å². The molecule has 0 unspecified atom stereocenters. The summed E-state index contributed by atoms with van der Waals surface area (Å²) in [5.74, 6) is 2.77. The number of aromatic nitrogens is 2. The molecule has 0 bridgehead atoms. The molecule has 1 aliphatic heterocycles. The molecule has 2 heterocycles. The van der Waals surface area contributed by atoms with Crippen LogP contribution in [0, 0.1) is 6.92 Å². The van der Waals surface area contributed by atoms with Gasteiger partial charge in [-0.2, -0.15) is 0 Å². The zero-order chi connectivity index (χ0) is 26.9. The molecule has 4 rings (SSSR count). The van der Waals surface area contributed by atoms with Crippen molar-refractivity contribution in [3.8, 4) is 5.75 Å². The van der Waals surface area contributed by atoms with E-state index in [4.69, 9.17) is 14.7 Å². The van der Waals surface area contributed by atoms with Gasteiger partial charge in [-0.25, -0.2) is 9.97 Å². The molecule has 6 nitrogen and oxygen atoms in total. The zero-order valence-corrected chi connectivity index (χ0v) is 23.5. The van der Waals surface area contributed by atoms with E-state index in [1.807, 2.05) is 36.1 Å². The van der Waals surface area contributed by atoms with Gasteiger partial charge in [0.15, 0.2) is 0 Å². The summed E-state index contributed by atoms with van der Waals surface area (Å²) >= 11 is 0. The average Bonchev–Trinajstić information content (AvgIpc) is 2.96. The van der Waals surface area contributed by atoms with Crippen LogP contribution in [0.15, 0.2) is 48.5 Å². The number of benzene rings is 2. The monoisotopic (exact) mass is 514 g/mol. The first-order chi connectivity index (χ1) is 18.5. The predicted molar refractivity (Wildman–Crippen MR) is 154 cm³/mol. The summed E-state index contributed by atoms with van der Waals surface area (Å²) in [4.78, 5) is 27.2. The summed E-state index contributed by atoms with van der Waals surface area (Å²) in [6, 6.07) is 16.5. The third-order valence-corrected chi connectivity index (χ3v) is 7.44. The maximum atomic E-state index is 13.2. The molecule has 6 heteroatoms. The van der Waals surface area contributed by atoms with E-state index in [2.05, 4.69) is 43.0 Å². The molecule has 1 aliphatic rings. The lowest BCUT2D eigenvalue weighted by molar-refractivity contribution is 0.0746. The van der Waals surface area contributed by atoms with Gasteiger partial charge in [0.1, 0.15) is 17.4 Å². The van der Waals surface area contributed by atoms with Crippen LogP contribution in [-0.4, -0.2) is 54.1 Å². The van der Waals surface area contributed by atoms with Crippen LogP contribution in [-0.2, 0) is 19.3 Å². The number of anilines is 1. The highest BCUT2D eigenvalue weighted by atomic mass is 16.5. The minimum absolute atomic E-state index is 0.119. The first-order valence-electron chi connectivity index (χ1n) is 14.1. The number of aryl methyl sites for hydroxylation is 3. The van der Waals surface area contributed by atoms with E-state index in [1.165, 1.54) is 42.4 Å². The molecule has 3 aromatic rings. The van der Waals surface area contributed by atoms with Gasteiger partial charge in [0.25, 0.3) is 5.91 Å². The third-order valence-electron chi connectivity index (χ3n) is 7.44. The molecule has 1 fully saturated rings. The summed E-state index contributed by atoms with van der Waals surface area (Å²) in [6.45, 7) is 9.24. The number of unbranched alkanes of at least 4 members (excludes halogenated alkanes) is 3. The van der Waals surface area contributed by atoms with Gasteiger partial charge in [0.2, 0.25) is 0 Å². The number of methoxy groups -OCH3 is 1. The van der Waals surface area contributed by atoms with Crippen LogP contribution < -0.4 is 9.64 Å². The Kier molecular flexibility index (Phi) is 9.74. The molecule has 0 atom stereocenters. The first-order valence-corrected chi connectivity index (χ1v) is 14.1. The SMILES string of the molecule is CCCCCCc1ccc(C(=O)N2CCN(c3nc(C)nc(CC)c3Cc3ccc(OC)cc3)CC2)cc1. The van der Waals surface area contributed by atoms with Crippen molar-refractivity contribution in [1.29, 1.82) is 0 Å². The molecule has 2 aromatic carbocycles. The number of rotatable bonds is 11. The van der Waals surface area contributed by atoms with Crippen LogP contribution >= 0.6 is 0 Å². The van der Waals surface area contributed by atoms with Crippen molar-refractivity contribution in [2.24, 2.45) is 0 Å². The highest BCUT2D eigenvalue weighted by Crippen LogP contribution is 2.27. The molecular formula is C32H42N4O2. The van der Waals surface area contributed by atoms with Gasteiger partial charge in [-0.3, -0.25) is 4.79 Å². The van der Waals surface area contributed by atoms with E-state index in [0.717, 1.165) is 61.0 Å². The minimum Gasteiger partial charge on any atom is -0.497 e. The highest BCUT2D eigenvalue weighted by Gasteiger charge is 2.26. The van der Waals surface area contributed by atoms with Crippen LogP contribution in [0.3, 0.4) is 0 Å². The van der Waals surface area contributed by atoms with Crippen LogP contribution in [0.5, 0.6) is 5.75 Å². The van der Waals surface area contributed by atoms with Gasteiger partial charge < -0.3 is 14.5 Å². The van der Waals surface area contributed by atoms with Gasteiger partial charge in [0.05, 0.1) is 7.11 Å². The number of ether oxygens (including phenoxy) is 1. The van der Waals surface area contributed by atoms with Crippen molar-refractivity contribution in [2.75, 3.05) is 38.2 Å². The first kappa shape index (κ1) is 27.6. The van der Waals surface area contributed by atoms with E-state index in [1.54, 1.807) is 7.11 Å². The van der Waals surface area contributed by atoms with Crippen molar-refractivity contribution in [1.82, 2.24) is 14.9 Å². The average molecular weight is 515 g/mol. The summed E-state index contributed by atoms with van der Waals surface area (Å²) in [5.41, 5.74) is 5.57. The number of carbonyl (C=O) groups is 1. The van der Waals surface area contributed by atoms with Crippen LogP contribution in [0.4, 0.5) is 5.82 Å². The van der Waals surface area contributed by atoms with Gasteiger partial charge in [-0.15, -0.1) is 0 Å². The van der Waals surface area contributed by atoms with Crippen LogP contribution in [0.1, 0.15) is 78.1 Å². The summed E-state index contributed by atoms with van der Waals surface area (Å²) in [7, 11) is 1.69. The Bertz CT molecular complexity index is 1180. The normalized spacial score (nSPS) is 13.6. The van der Waals surface area contributed by atoms with E-state index in [0.29, 0.717) is 13.1 Å². The fraction of sp³-hybridized carbons (Fsp3) is 0.469.